The van der Waals surface area contributed by atoms with Gasteiger partial charge in [-0.1, -0.05) is 24.3 Å². The second kappa shape index (κ2) is 11.0. The summed E-state index contributed by atoms with van der Waals surface area (Å²) in [6, 6.07) is 13.2. The minimum absolute atomic E-state index is 0.0700. The molecule has 192 valence electrons. The second-order valence-electron chi connectivity index (χ2n) is 8.82. The number of carbonyl (C=O) groups is 3. The van der Waals surface area contributed by atoms with Gasteiger partial charge < -0.3 is 20.4 Å². The standard InChI is InChI=1S/C25H28F3N5O3/c26-25(27,28)18-5-4-8-20(15-18)32-13-11-31(12-14-32)17-23(35)33-10-9-29-24(36)21(33)16-22(34)30-19-6-2-1-3-7-19/h1-8,15,21H,9-14,16-17H2,(H,29,36)(H,30,34)/t21-/m1/s1. The van der Waals surface area contributed by atoms with E-state index in [2.05, 4.69) is 10.6 Å². The van der Waals surface area contributed by atoms with Crippen molar-refractivity contribution in [1.82, 2.24) is 15.1 Å². The molecule has 11 heteroatoms. The second-order valence-corrected chi connectivity index (χ2v) is 8.82. The first kappa shape index (κ1) is 25.5. The lowest BCUT2D eigenvalue weighted by molar-refractivity contribution is -0.145. The van der Waals surface area contributed by atoms with Crippen LogP contribution in [0.3, 0.4) is 0 Å². The van der Waals surface area contributed by atoms with Crippen LogP contribution in [0.25, 0.3) is 0 Å². The summed E-state index contributed by atoms with van der Waals surface area (Å²) < 4.78 is 39.1. The third-order valence-corrected chi connectivity index (χ3v) is 6.36. The van der Waals surface area contributed by atoms with Gasteiger partial charge in [-0.25, -0.2) is 0 Å². The highest BCUT2D eigenvalue weighted by Crippen LogP contribution is 2.31. The molecule has 4 rings (SSSR count). The fraction of sp³-hybridized carbons (Fsp3) is 0.400. The number of amides is 3. The Labute approximate surface area is 207 Å². The molecular formula is C25H28F3N5O3. The number of nitrogens with one attached hydrogen (secondary N) is 2. The number of para-hydroxylation sites is 1. The molecule has 2 heterocycles. The third-order valence-electron chi connectivity index (χ3n) is 6.36. The van der Waals surface area contributed by atoms with Crippen LogP contribution in [0.2, 0.25) is 0 Å². The van der Waals surface area contributed by atoms with E-state index in [1.165, 1.54) is 11.0 Å². The fourth-order valence-corrected chi connectivity index (χ4v) is 4.45. The molecule has 0 saturated carbocycles. The van der Waals surface area contributed by atoms with Crippen molar-refractivity contribution in [1.29, 1.82) is 0 Å². The highest BCUT2D eigenvalue weighted by atomic mass is 19.4. The first-order chi connectivity index (χ1) is 17.2. The van der Waals surface area contributed by atoms with Crippen LogP contribution < -0.4 is 15.5 Å². The Bertz CT molecular complexity index is 1090. The zero-order valence-corrected chi connectivity index (χ0v) is 19.6. The van der Waals surface area contributed by atoms with Gasteiger partial charge in [-0.15, -0.1) is 0 Å². The lowest BCUT2D eigenvalue weighted by Gasteiger charge is -2.39. The molecule has 8 nitrogen and oxygen atoms in total. The number of hydrogen-bond donors (Lipinski definition) is 2. The van der Waals surface area contributed by atoms with Crippen molar-refractivity contribution < 1.29 is 27.6 Å². The number of nitrogens with zero attached hydrogens (tertiary/aromatic N) is 3. The monoisotopic (exact) mass is 503 g/mol. The Morgan fingerprint density at radius 3 is 2.39 bits per heavy atom. The van der Waals surface area contributed by atoms with E-state index in [1.54, 1.807) is 30.3 Å². The number of piperazine rings is 2. The largest absolute Gasteiger partial charge is 0.416 e. The molecule has 0 spiro atoms. The van der Waals surface area contributed by atoms with Gasteiger partial charge in [0.25, 0.3) is 0 Å². The normalized spacial score (nSPS) is 19.1. The maximum Gasteiger partial charge on any atom is 0.416 e. The highest BCUT2D eigenvalue weighted by molar-refractivity contribution is 5.97. The molecule has 0 bridgehead atoms. The molecule has 2 aromatic carbocycles. The molecule has 1 atom stereocenters. The van der Waals surface area contributed by atoms with E-state index in [-0.39, 0.29) is 30.7 Å². The zero-order chi connectivity index (χ0) is 25.7. The van der Waals surface area contributed by atoms with E-state index in [0.717, 1.165) is 12.1 Å². The summed E-state index contributed by atoms with van der Waals surface area (Å²) in [5.41, 5.74) is 0.409. The van der Waals surface area contributed by atoms with Crippen LogP contribution in [0, 0.1) is 0 Å². The maximum atomic E-state index is 13.1. The molecule has 3 amide bonds. The summed E-state index contributed by atoms with van der Waals surface area (Å²) in [7, 11) is 0. The van der Waals surface area contributed by atoms with Gasteiger partial charge in [0.2, 0.25) is 17.7 Å². The van der Waals surface area contributed by atoms with Gasteiger partial charge in [0.05, 0.1) is 18.5 Å². The number of alkyl halides is 3. The number of hydrogen-bond acceptors (Lipinski definition) is 5. The van der Waals surface area contributed by atoms with Crippen molar-refractivity contribution in [2.75, 3.05) is 56.0 Å². The van der Waals surface area contributed by atoms with Crippen molar-refractivity contribution in [2.45, 2.75) is 18.6 Å². The first-order valence-corrected chi connectivity index (χ1v) is 11.8. The summed E-state index contributed by atoms with van der Waals surface area (Å²) in [5.74, 6) is -0.988. The topological polar surface area (TPSA) is 85.0 Å². The summed E-state index contributed by atoms with van der Waals surface area (Å²) in [4.78, 5) is 43.4. The average Bonchev–Trinajstić information content (AvgIpc) is 2.86. The molecular weight excluding hydrogens is 475 g/mol. The van der Waals surface area contributed by atoms with E-state index in [0.29, 0.717) is 50.6 Å². The number of anilines is 2. The van der Waals surface area contributed by atoms with Crippen LogP contribution in [0.15, 0.2) is 54.6 Å². The Balaban J connectivity index is 1.32. The number of halogens is 3. The molecule has 0 radical (unpaired) electrons. The summed E-state index contributed by atoms with van der Waals surface area (Å²) >= 11 is 0. The highest BCUT2D eigenvalue weighted by Gasteiger charge is 2.36. The van der Waals surface area contributed by atoms with Crippen molar-refractivity contribution in [2.24, 2.45) is 0 Å². The summed E-state index contributed by atoms with van der Waals surface area (Å²) in [6.07, 6.45) is -4.56. The van der Waals surface area contributed by atoms with Crippen LogP contribution in [0.4, 0.5) is 24.5 Å². The van der Waals surface area contributed by atoms with Crippen LogP contribution in [0.1, 0.15) is 12.0 Å². The maximum absolute atomic E-state index is 13.1. The molecule has 2 saturated heterocycles. The van der Waals surface area contributed by atoms with Crippen molar-refractivity contribution in [3.63, 3.8) is 0 Å². The van der Waals surface area contributed by atoms with E-state index >= 15 is 0 Å². The number of benzene rings is 2. The lowest BCUT2D eigenvalue weighted by atomic mass is 10.1. The first-order valence-electron chi connectivity index (χ1n) is 11.8. The van der Waals surface area contributed by atoms with Gasteiger partial charge >= 0.3 is 6.18 Å². The summed E-state index contributed by atoms with van der Waals surface area (Å²) in [5, 5.41) is 5.46. The summed E-state index contributed by atoms with van der Waals surface area (Å²) in [6.45, 7) is 2.60. The minimum atomic E-state index is -4.40. The molecule has 36 heavy (non-hydrogen) atoms. The van der Waals surface area contributed by atoms with E-state index in [4.69, 9.17) is 0 Å². The Kier molecular flexibility index (Phi) is 7.78. The quantitative estimate of drug-likeness (QED) is 0.632. The average molecular weight is 504 g/mol. The van der Waals surface area contributed by atoms with Gasteiger partial charge in [-0.3, -0.25) is 19.3 Å². The minimum Gasteiger partial charge on any atom is -0.369 e. The number of rotatable bonds is 6. The van der Waals surface area contributed by atoms with Crippen LogP contribution >= 0.6 is 0 Å². The zero-order valence-electron chi connectivity index (χ0n) is 19.6. The molecule has 0 unspecified atom stereocenters. The molecule has 2 aliphatic rings. The fourth-order valence-electron chi connectivity index (χ4n) is 4.45. The van der Waals surface area contributed by atoms with Gasteiger partial charge in [-0.2, -0.15) is 13.2 Å². The van der Waals surface area contributed by atoms with Crippen LogP contribution in [0.5, 0.6) is 0 Å². The van der Waals surface area contributed by atoms with Crippen molar-refractivity contribution >= 4 is 29.1 Å². The van der Waals surface area contributed by atoms with Gasteiger partial charge in [0.1, 0.15) is 6.04 Å². The predicted octanol–water partition coefficient (Wildman–Crippen LogP) is 2.18. The molecule has 2 N–H and O–H groups in total. The van der Waals surface area contributed by atoms with Crippen LogP contribution in [-0.4, -0.2) is 79.4 Å². The van der Waals surface area contributed by atoms with E-state index in [9.17, 15) is 27.6 Å². The lowest BCUT2D eigenvalue weighted by Crippen LogP contribution is -2.60. The van der Waals surface area contributed by atoms with Gasteiger partial charge in [-0.05, 0) is 30.3 Å². The van der Waals surface area contributed by atoms with Crippen molar-refractivity contribution in [3.05, 3.63) is 60.2 Å². The van der Waals surface area contributed by atoms with E-state index < -0.39 is 17.8 Å². The Morgan fingerprint density at radius 1 is 0.972 bits per heavy atom. The Morgan fingerprint density at radius 2 is 1.69 bits per heavy atom. The molecule has 0 aliphatic carbocycles. The third kappa shape index (κ3) is 6.34. The molecule has 2 aromatic rings. The van der Waals surface area contributed by atoms with Crippen LogP contribution in [-0.2, 0) is 20.6 Å². The number of carbonyl (C=O) groups excluding carboxylic acids is 3. The SMILES string of the molecule is O=C(C[C@@H]1C(=O)NCCN1C(=O)CN1CCN(c2cccc(C(F)(F)F)c2)CC1)Nc1ccccc1. The smallest absolute Gasteiger partial charge is 0.369 e. The van der Waals surface area contributed by atoms with Gasteiger partial charge in [0.15, 0.2) is 0 Å². The molecule has 0 aromatic heterocycles. The molecule has 2 aliphatic heterocycles. The van der Waals surface area contributed by atoms with Crippen molar-refractivity contribution in [3.8, 4) is 0 Å². The molecule has 2 fully saturated rings. The van der Waals surface area contributed by atoms with Gasteiger partial charge in [0, 0.05) is 50.6 Å². The van der Waals surface area contributed by atoms with E-state index in [1.807, 2.05) is 15.9 Å². The Hall–Kier alpha value is -3.60. The predicted molar refractivity (Wildman–Crippen MR) is 128 cm³/mol.